The van der Waals surface area contributed by atoms with E-state index in [1.54, 1.807) is 7.11 Å². The Kier molecular flexibility index (Phi) is 9.90. The molecular formula is C11H24ClNO. The van der Waals surface area contributed by atoms with Gasteiger partial charge in [0.2, 0.25) is 0 Å². The fourth-order valence-electron chi connectivity index (χ4n) is 1.45. The van der Waals surface area contributed by atoms with Crippen molar-refractivity contribution >= 4 is 11.6 Å². The molecule has 0 unspecified atom stereocenters. The van der Waals surface area contributed by atoms with Crippen LogP contribution in [0.15, 0.2) is 0 Å². The van der Waals surface area contributed by atoms with Crippen molar-refractivity contribution in [2.45, 2.75) is 39.2 Å². The molecule has 0 bridgehead atoms. The molecule has 0 saturated carbocycles. The van der Waals surface area contributed by atoms with Crippen molar-refractivity contribution in [2.75, 3.05) is 32.7 Å². The number of ether oxygens (including phenoxy) is 1. The van der Waals surface area contributed by atoms with Crippen molar-refractivity contribution in [2.24, 2.45) is 0 Å². The number of methoxy groups -OCH3 is 1. The van der Waals surface area contributed by atoms with Crippen LogP contribution >= 0.6 is 11.6 Å². The maximum Gasteiger partial charge on any atom is 0.0462 e. The summed E-state index contributed by atoms with van der Waals surface area (Å²) < 4.78 is 5.03. The minimum Gasteiger partial charge on any atom is -0.385 e. The minimum atomic E-state index is 0.626. The van der Waals surface area contributed by atoms with Gasteiger partial charge in [-0.1, -0.05) is 0 Å². The van der Waals surface area contributed by atoms with Crippen LogP contribution in [0.25, 0.3) is 0 Å². The van der Waals surface area contributed by atoms with Crippen LogP contribution in [0.4, 0.5) is 0 Å². The summed E-state index contributed by atoms with van der Waals surface area (Å²) >= 11 is 5.69. The lowest BCUT2D eigenvalue weighted by molar-refractivity contribution is 0.175. The van der Waals surface area contributed by atoms with E-state index in [1.165, 1.54) is 6.42 Å². The lowest BCUT2D eigenvalue weighted by Gasteiger charge is -2.26. The largest absolute Gasteiger partial charge is 0.385 e. The van der Waals surface area contributed by atoms with Gasteiger partial charge in [0.25, 0.3) is 0 Å². The zero-order valence-corrected chi connectivity index (χ0v) is 10.5. The van der Waals surface area contributed by atoms with Gasteiger partial charge in [0.1, 0.15) is 0 Å². The van der Waals surface area contributed by atoms with Gasteiger partial charge >= 0.3 is 0 Å². The van der Waals surface area contributed by atoms with Crippen molar-refractivity contribution in [3.8, 4) is 0 Å². The Bertz CT molecular complexity index is 120. The molecule has 0 rings (SSSR count). The first-order chi connectivity index (χ1) is 6.72. The zero-order chi connectivity index (χ0) is 10.8. The number of hydrogen-bond donors (Lipinski definition) is 0. The summed E-state index contributed by atoms with van der Waals surface area (Å²) in [7, 11) is 1.76. The Morgan fingerprint density at radius 3 is 2.29 bits per heavy atom. The molecule has 0 aromatic carbocycles. The molecule has 0 aliphatic rings. The monoisotopic (exact) mass is 221 g/mol. The molecule has 86 valence electrons. The van der Waals surface area contributed by atoms with Gasteiger partial charge in [-0.05, 0) is 46.2 Å². The Hall–Kier alpha value is 0.210. The molecule has 0 aromatic heterocycles. The van der Waals surface area contributed by atoms with Crippen LogP contribution < -0.4 is 0 Å². The summed E-state index contributed by atoms with van der Waals surface area (Å²) in [4.78, 5) is 2.48. The topological polar surface area (TPSA) is 12.5 Å². The van der Waals surface area contributed by atoms with E-state index in [-0.39, 0.29) is 0 Å². The standard InChI is InChI=1S/C11H24ClNO/c1-11(2)13(9-6-7-12)8-4-5-10-14-3/h11H,4-10H2,1-3H3. The fraction of sp³-hybridized carbons (Fsp3) is 1.00. The molecule has 0 heterocycles. The average molecular weight is 222 g/mol. The molecule has 0 radical (unpaired) electrons. The van der Waals surface area contributed by atoms with E-state index in [2.05, 4.69) is 18.7 Å². The molecular weight excluding hydrogens is 198 g/mol. The van der Waals surface area contributed by atoms with Crippen molar-refractivity contribution in [1.29, 1.82) is 0 Å². The SMILES string of the molecule is COCCCCN(CCCCl)C(C)C. The highest BCUT2D eigenvalue weighted by molar-refractivity contribution is 6.17. The normalized spacial score (nSPS) is 11.6. The number of nitrogens with zero attached hydrogens (tertiary/aromatic N) is 1. The third-order valence-electron chi connectivity index (χ3n) is 2.35. The molecule has 0 amide bonds. The lowest BCUT2D eigenvalue weighted by atomic mass is 10.2. The van der Waals surface area contributed by atoms with E-state index >= 15 is 0 Å². The Balaban J connectivity index is 3.52. The minimum absolute atomic E-state index is 0.626. The van der Waals surface area contributed by atoms with E-state index in [0.29, 0.717) is 6.04 Å². The molecule has 0 fully saturated rings. The van der Waals surface area contributed by atoms with Crippen molar-refractivity contribution < 1.29 is 4.74 Å². The second-order valence-electron chi connectivity index (χ2n) is 3.87. The van der Waals surface area contributed by atoms with Crippen molar-refractivity contribution in [3.05, 3.63) is 0 Å². The summed E-state index contributed by atoms with van der Waals surface area (Å²) in [5.41, 5.74) is 0. The quantitative estimate of drug-likeness (QED) is 0.439. The molecule has 0 N–H and O–H groups in total. The number of hydrogen-bond acceptors (Lipinski definition) is 2. The average Bonchev–Trinajstić information content (AvgIpc) is 2.16. The molecule has 0 atom stereocenters. The lowest BCUT2D eigenvalue weighted by Crippen LogP contribution is -2.33. The molecule has 0 spiro atoms. The molecule has 0 aliphatic heterocycles. The predicted molar refractivity (Wildman–Crippen MR) is 63.2 cm³/mol. The third kappa shape index (κ3) is 7.60. The van der Waals surface area contributed by atoms with E-state index < -0.39 is 0 Å². The summed E-state index contributed by atoms with van der Waals surface area (Å²) in [6.07, 6.45) is 3.46. The summed E-state index contributed by atoms with van der Waals surface area (Å²) in [5, 5.41) is 0. The maximum atomic E-state index is 5.69. The Labute approximate surface area is 93.6 Å². The van der Waals surface area contributed by atoms with Gasteiger partial charge in [0, 0.05) is 25.6 Å². The van der Waals surface area contributed by atoms with Gasteiger partial charge in [-0.2, -0.15) is 0 Å². The Morgan fingerprint density at radius 1 is 1.14 bits per heavy atom. The van der Waals surface area contributed by atoms with Gasteiger partial charge in [-0.3, -0.25) is 0 Å². The first kappa shape index (κ1) is 14.2. The summed E-state index contributed by atoms with van der Waals surface area (Å²) in [6.45, 7) is 7.64. The highest BCUT2D eigenvalue weighted by Crippen LogP contribution is 2.03. The van der Waals surface area contributed by atoms with Crippen LogP contribution in [0.1, 0.15) is 33.1 Å². The van der Waals surface area contributed by atoms with E-state index in [9.17, 15) is 0 Å². The van der Waals surface area contributed by atoms with Crippen LogP contribution in [-0.4, -0.2) is 43.6 Å². The van der Waals surface area contributed by atoms with Gasteiger partial charge in [-0.25, -0.2) is 0 Å². The van der Waals surface area contributed by atoms with Gasteiger partial charge in [0.05, 0.1) is 0 Å². The van der Waals surface area contributed by atoms with E-state index in [1.807, 2.05) is 0 Å². The first-order valence-electron chi connectivity index (χ1n) is 5.51. The van der Waals surface area contributed by atoms with Crippen LogP contribution in [0.3, 0.4) is 0 Å². The zero-order valence-electron chi connectivity index (χ0n) is 9.76. The van der Waals surface area contributed by atoms with Crippen molar-refractivity contribution in [1.82, 2.24) is 4.90 Å². The molecule has 0 saturated heterocycles. The van der Waals surface area contributed by atoms with Crippen LogP contribution in [0, 0.1) is 0 Å². The number of halogens is 1. The summed E-state index contributed by atoms with van der Waals surface area (Å²) in [6, 6.07) is 0.626. The molecule has 0 aliphatic carbocycles. The predicted octanol–water partition coefficient (Wildman–Crippen LogP) is 2.75. The third-order valence-corrected chi connectivity index (χ3v) is 2.62. The van der Waals surface area contributed by atoms with Crippen LogP contribution in [-0.2, 0) is 4.74 Å². The Morgan fingerprint density at radius 2 is 1.79 bits per heavy atom. The summed E-state index contributed by atoms with van der Waals surface area (Å²) in [5.74, 6) is 0.765. The van der Waals surface area contributed by atoms with Crippen LogP contribution in [0.5, 0.6) is 0 Å². The first-order valence-corrected chi connectivity index (χ1v) is 6.04. The van der Waals surface area contributed by atoms with Gasteiger partial charge in [-0.15, -0.1) is 11.6 Å². The second kappa shape index (κ2) is 9.75. The van der Waals surface area contributed by atoms with E-state index in [0.717, 1.165) is 38.4 Å². The van der Waals surface area contributed by atoms with Crippen LogP contribution in [0.2, 0.25) is 0 Å². The second-order valence-corrected chi connectivity index (χ2v) is 4.25. The molecule has 0 aromatic rings. The van der Waals surface area contributed by atoms with E-state index in [4.69, 9.17) is 16.3 Å². The number of alkyl halides is 1. The number of unbranched alkanes of at least 4 members (excludes halogenated alkanes) is 1. The highest BCUT2D eigenvalue weighted by Gasteiger charge is 2.07. The highest BCUT2D eigenvalue weighted by atomic mass is 35.5. The number of rotatable bonds is 9. The smallest absolute Gasteiger partial charge is 0.0462 e. The molecule has 2 nitrogen and oxygen atoms in total. The van der Waals surface area contributed by atoms with Crippen molar-refractivity contribution in [3.63, 3.8) is 0 Å². The fourth-order valence-corrected chi connectivity index (χ4v) is 1.57. The molecule has 14 heavy (non-hydrogen) atoms. The van der Waals surface area contributed by atoms with Gasteiger partial charge < -0.3 is 9.64 Å². The maximum absolute atomic E-state index is 5.69. The molecule has 3 heteroatoms. The van der Waals surface area contributed by atoms with Gasteiger partial charge in [0.15, 0.2) is 0 Å².